The van der Waals surface area contributed by atoms with Gasteiger partial charge in [0.2, 0.25) is 5.78 Å². The molecule has 0 aromatic heterocycles. The Kier molecular flexibility index (Phi) is 6.39. The highest BCUT2D eigenvalue weighted by atomic mass is 19.3. The first kappa shape index (κ1) is 17.2. The third kappa shape index (κ3) is 5.21. The van der Waals surface area contributed by atoms with Crippen molar-refractivity contribution in [2.75, 3.05) is 5.32 Å². The molecule has 21 heavy (non-hydrogen) atoms. The Morgan fingerprint density at radius 3 is 2.43 bits per heavy atom. The standard InChI is InChI=1S/C15H17F4NO/c1-2-3-7-12(20-11-8-5-4-6-9-11)10-13(21)15(18,19)14(16)17/h4-6,8-10,14,20H,2-3,7H2,1H3/b12-10-. The van der Waals surface area contributed by atoms with Crippen LogP contribution in [0.5, 0.6) is 0 Å². The molecule has 0 fully saturated rings. The number of para-hydroxylation sites is 1. The van der Waals surface area contributed by atoms with Crippen LogP contribution in [0, 0.1) is 0 Å². The molecule has 0 radical (unpaired) electrons. The Hall–Kier alpha value is -1.85. The molecular weight excluding hydrogens is 286 g/mol. The van der Waals surface area contributed by atoms with Crippen LogP contribution in [0.1, 0.15) is 26.2 Å². The Balaban J connectivity index is 2.91. The molecule has 0 spiro atoms. The van der Waals surface area contributed by atoms with Gasteiger partial charge in [-0.25, -0.2) is 8.78 Å². The molecule has 0 saturated heterocycles. The summed E-state index contributed by atoms with van der Waals surface area (Å²) in [5, 5.41) is 2.82. The zero-order valence-electron chi connectivity index (χ0n) is 11.6. The molecule has 0 atom stereocenters. The zero-order valence-corrected chi connectivity index (χ0v) is 11.6. The summed E-state index contributed by atoms with van der Waals surface area (Å²) in [7, 11) is 0. The number of carbonyl (C=O) groups is 1. The van der Waals surface area contributed by atoms with E-state index in [-0.39, 0.29) is 5.70 Å². The molecular formula is C15H17F4NO. The van der Waals surface area contributed by atoms with E-state index in [0.29, 0.717) is 24.6 Å². The van der Waals surface area contributed by atoms with Crippen LogP contribution in [-0.4, -0.2) is 18.1 Å². The van der Waals surface area contributed by atoms with Gasteiger partial charge >= 0.3 is 12.3 Å². The summed E-state index contributed by atoms with van der Waals surface area (Å²) >= 11 is 0. The van der Waals surface area contributed by atoms with Gasteiger partial charge in [0.1, 0.15) is 0 Å². The van der Waals surface area contributed by atoms with Crippen LogP contribution < -0.4 is 5.32 Å². The van der Waals surface area contributed by atoms with E-state index < -0.39 is 18.1 Å². The van der Waals surface area contributed by atoms with Crippen molar-refractivity contribution in [3.8, 4) is 0 Å². The topological polar surface area (TPSA) is 29.1 Å². The second kappa shape index (κ2) is 7.81. The van der Waals surface area contributed by atoms with E-state index in [0.717, 1.165) is 6.42 Å². The fraction of sp³-hybridized carbons (Fsp3) is 0.400. The van der Waals surface area contributed by atoms with Gasteiger partial charge in [0.05, 0.1) is 0 Å². The van der Waals surface area contributed by atoms with Gasteiger partial charge in [-0.1, -0.05) is 31.5 Å². The molecule has 1 N–H and O–H groups in total. The van der Waals surface area contributed by atoms with Gasteiger partial charge in [0.25, 0.3) is 0 Å². The first-order chi connectivity index (χ1) is 9.87. The molecule has 1 aromatic rings. The number of allylic oxidation sites excluding steroid dienone is 2. The summed E-state index contributed by atoms with van der Waals surface area (Å²) in [5.74, 6) is -6.54. The number of unbranched alkanes of at least 4 members (excludes halogenated alkanes) is 1. The largest absolute Gasteiger partial charge is 0.368 e. The fourth-order valence-electron chi connectivity index (χ4n) is 1.61. The molecule has 0 bridgehead atoms. The average molecular weight is 303 g/mol. The summed E-state index contributed by atoms with van der Waals surface area (Å²) in [4.78, 5) is 11.3. The van der Waals surface area contributed by atoms with E-state index in [2.05, 4.69) is 5.32 Å². The quantitative estimate of drug-likeness (QED) is 0.560. The lowest BCUT2D eigenvalue weighted by molar-refractivity contribution is -0.161. The van der Waals surface area contributed by atoms with E-state index in [1.165, 1.54) is 0 Å². The summed E-state index contributed by atoms with van der Waals surface area (Å²) in [5.41, 5.74) is 0.807. The molecule has 0 amide bonds. The summed E-state index contributed by atoms with van der Waals surface area (Å²) in [6.45, 7) is 1.90. The Labute approximate surface area is 120 Å². The summed E-state index contributed by atoms with van der Waals surface area (Å²) < 4.78 is 50.3. The number of benzene rings is 1. The van der Waals surface area contributed by atoms with Crippen molar-refractivity contribution in [3.63, 3.8) is 0 Å². The number of hydrogen-bond acceptors (Lipinski definition) is 2. The monoisotopic (exact) mass is 303 g/mol. The van der Waals surface area contributed by atoms with Crippen molar-refractivity contribution in [3.05, 3.63) is 42.1 Å². The Morgan fingerprint density at radius 1 is 1.29 bits per heavy atom. The first-order valence-corrected chi connectivity index (χ1v) is 6.61. The van der Waals surface area contributed by atoms with E-state index in [1.54, 1.807) is 30.3 Å². The number of ketones is 1. The minimum atomic E-state index is -4.66. The molecule has 0 heterocycles. The molecule has 0 aliphatic carbocycles. The third-order valence-corrected chi connectivity index (χ3v) is 2.79. The maximum Gasteiger partial charge on any atom is 0.368 e. The van der Waals surface area contributed by atoms with Gasteiger partial charge in [0.15, 0.2) is 0 Å². The number of anilines is 1. The van der Waals surface area contributed by atoms with Gasteiger partial charge in [-0.15, -0.1) is 0 Å². The number of rotatable bonds is 8. The second-order valence-electron chi connectivity index (χ2n) is 4.55. The van der Waals surface area contributed by atoms with E-state index in [1.807, 2.05) is 6.92 Å². The highest BCUT2D eigenvalue weighted by Crippen LogP contribution is 2.25. The predicted octanol–water partition coefficient (Wildman–Crippen LogP) is 4.64. The minimum absolute atomic E-state index is 0.202. The minimum Gasteiger partial charge on any atom is -0.359 e. The highest BCUT2D eigenvalue weighted by Gasteiger charge is 2.47. The summed E-state index contributed by atoms with van der Waals surface area (Å²) in [6.07, 6.45) is -1.66. The van der Waals surface area contributed by atoms with Crippen LogP contribution in [0.15, 0.2) is 42.1 Å². The Bertz CT molecular complexity index is 486. The molecule has 2 nitrogen and oxygen atoms in total. The van der Waals surface area contributed by atoms with Crippen LogP contribution in [0.25, 0.3) is 0 Å². The van der Waals surface area contributed by atoms with Crippen LogP contribution in [0.4, 0.5) is 23.2 Å². The highest BCUT2D eigenvalue weighted by molar-refractivity contribution is 5.96. The second-order valence-corrected chi connectivity index (χ2v) is 4.55. The lowest BCUT2D eigenvalue weighted by Crippen LogP contribution is -2.35. The van der Waals surface area contributed by atoms with Gasteiger partial charge < -0.3 is 5.32 Å². The van der Waals surface area contributed by atoms with Crippen LogP contribution in [0.2, 0.25) is 0 Å². The smallest absolute Gasteiger partial charge is 0.359 e. The van der Waals surface area contributed by atoms with E-state index in [9.17, 15) is 22.4 Å². The van der Waals surface area contributed by atoms with Gasteiger partial charge in [-0.05, 0) is 25.0 Å². The molecule has 116 valence electrons. The predicted molar refractivity (Wildman–Crippen MR) is 73.6 cm³/mol. The average Bonchev–Trinajstić information content (AvgIpc) is 2.45. The van der Waals surface area contributed by atoms with Crippen molar-refractivity contribution in [1.29, 1.82) is 0 Å². The molecule has 0 saturated carbocycles. The number of alkyl halides is 4. The number of hydrogen-bond donors (Lipinski definition) is 1. The Morgan fingerprint density at radius 2 is 1.90 bits per heavy atom. The summed E-state index contributed by atoms with van der Waals surface area (Å²) in [6, 6.07) is 8.62. The van der Waals surface area contributed by atoms with Crippen LogP contribution in [0.3, 0.4) is 0 Å². The van der Waals surface area contributed by atoms with Crippen LogP contribution in [-0.2, 0) is 4.79 Å². The fourth-order valence-corrected chi connectivity index (χ4v) is 1.61. The van der Waals surface area contributed by atoms with Gasteiger partial charge in [0, 0.05) is 17.5 Å². The molecule has 0 aliphatic heterocycles. The molecule has 0 unspecified atom stereocenters. The maximum absolute atomic E-state index is 13.0. The van der Waals surface area contributed by atoms with E-state index in [4.69, 9.17) is 0 Å². The molecule has 1 rings (SSSR count). The van der Waals surface area contributed by atoms with Gasteiger partial charge in [-0.3, -0.25) is 4.79 Å². The number of nitrogens with one attached hydrogen (secondary N) is 1. The molecule has 6 heteroatoms. The van der Waals surface area contributed by atoms with Crippen molar-refractivity contribution in [2.45, 2.75) is 38.5 Å². The molecule has 0 aliphatic rings. The SMILES string of the molecule is CCCC/C(=C/C(=O)C(F)(F)C(F)F)Nc1ccccc1. The maximum atomic E-state index is 13.0. The zero-order chi connectivity index (χ0) is 15.9. The first-order valence-electron chi connectivity index (χ1n) is 6.61. The normalized spacial score (nSPS) is 12.6. The van der Waals surface area contributed by atoms with Crippen molar-refractivity contribution < 1.29 is 22.4 Å². The molecule has 1 aromatic carbocycles. The number of carbonyl (C=O) groups excluding carboxylic acids is 1. The van der Waals surface area contributed by atoms with Crippen molar-refractivity contribution in [1.82, 2.24) is 0 Å². The van der Waals surface area contributed by atoms with E-state index >= 15 is 0 Å². The van der Waals surface area contributed by atoms with Gasteiger partial charge in [-0.2, -0.15) is 8.78 Å². The van der Waals surface area contributed by atoms with Crippen molar-refractivity contribution >= 4 is 11.5 Å². The van der Waals surface area contributed by atoms with Crippen molar-refractivity contribution in [2.24, 2.45) is 0 Å². The lowest BCUT2D eigenvalue weighted by Gasteiger charge is -2.14. The van der Waals surface area contributed by atoms with Crippen LogP contribution >= 0.6 is 0 Å². The third-order valence-electron chi connectivity index (χ3n) is 2.79. The lowest BCUT2D eigenvalue weighted by atomic mass is 10.1. The number of halogens is 4.